The minimum Gasteiger partial charge on any atom is -0.376 e. The Balaban J connectivity index is 1.66. The van der Waals surface area contributed by atoms with Crippen LogP contribution in [0.15, 0.2) is 82.6 Å². The summed E-state index contributed by atoms with van der Waals surface area (Å²) in [5.74, 6) is -0.424. The van der Waals surface area contributed by atoms with Crippen LogP contribution in [0.2, 0.25) is 0 Å². The molecule has 198 valence electrons. The van der Waals surface area contributed by atoms with Crippen molar-refractivity contribution in [3.63, 3.8) is 0 Å². The maximum atomic E-state index is 13.9. The summed E-state index contributed by atoms with van der Waals surface area (Å²) in [7, 11) is -3.88. The number of rotatable bonds is 6. The monoisotopic (exact) mass is 554 g/mol. The van der Waals surface area contributed by atoms with Gasteiger partial charge in [0.05, 0.1) is 4.90 Å². The molecule has 0 unspecified atom stereocenters. The van der Waals surface area contributed by atoms with Gasteiger partial charge >= 0.3 is 6.18 Å². The van der Waals surface area contributed by atoms with Gasteiger partial charge in [-0.1, -0.05) is 36.4 Å². The molecule has 1 fully saturated rings. The summed E-state index contributed by atoms with van der Waals surface area (Å²) < 4.78 is 81.9. The Morgan fingerprint density at radius 3 is 2.30 bits per heavy atom. The summed E-state index contributed by atoms with van der Waals surface area (Å²) in [4.78, 5) is 2.30. The predicted molar refractivity (Wildman–Crippen MR) is 136 cm³/mol. The van der Waals surface area contributed by atoms with Crippen molar-refractivity contribution in [1.82, 2.24) is 4.31 Å². The smallest absolute Gasteiger partial charge is 0.376 e. The molecule has 1 N–H and O–H groups in total. The van der Waals surface area contributed by atoms with Crippen molar-refractivity contribution in [3.8, 4) is 0 Å². The van der Waals surface area contributed by atoms with Crippen LogP contribution in [0.3, 0.4) is 0 Å². The first-order chi connectivity index (χ1) is 17.3. The number of piperazine rings is 1. The van der Waals surface area contributed by atoms with Gasteiger partial charge in [-0.3, -0.25) is 0 Å². The molecule has 0 bridgehead atoms. The quantitative estimate of drug-likeness (QED) is 0.333. The van der Waals surface area contributed by atoms with Crippen LogP contribution in [-0.4, -0.2) is 49.7 Å². The molecule has 11 heteroatoms. The van der Waals surface area contributed by atoms with Crippen LogP contribution < -0.4 is 4.90 Å². The summed E-state index contributed by atoms with van der Waals surface area (Å²) in [5.41, 5.74) is -2.10. The fourth-order valence-corrected chi connectivity index (χ4v) is 6.51. The van der Waals surface area contributed by atoms with Crippen LogP contribution in [0.4, 0.5) is 23.2 Å². The summed E-state index contributed by atoms with van der Waals surface area (Å²) >= 11 is 4.29. The topological polar surface area (TPSA) is 60.9 Å². The minimum atomic E-state index is -4.85. The Kier molecular flexibility index (Phi) is 7.62. The molecule has 1 heterocycles. The molecule has 0 spiro atoms. The standard InChI is InChI=1S/C26H26F4N2O3S2/c1-25(33,26(28,29)30)19-9-11-21(12-10-19)32-14-13-31(37(34,35)24-8-3-2-7-23(24)36)17-22(32)16-18-5-4-6-20(27)15-18/h2-12,15,22,33,36H,13-14,16-17H2,1H3/t22-,25-/m0/s1. The molecular formula is C26H26F4N2O3S2. The van der Waals surface area contributed by atoms with Crippen molar-refractivity contribution >= 4 is 28.3 Å². The number of aliphatic hydroxyl groups is 1. The third-order valence-corrected chi connectivity index (χ3v) is 9.07. The molecule has 5 nitrogen and oxygen atoms in total. The molecule has 0 radical (unpaired) electrons. The third-order valence-electron chi connectivity index (χ3n) is 6.60. The van der Waals surface area contributed by atoms with Crippen molar-refractivity contribution in [2.24, 2.45) is 0 Å². The van der Waals surface area contributed by atoms with E-state index >= 15 is 0 Å². The molecule has 2 atom stereocenters. The summed E-state index contributed by atoms with van der Waals surface area (Å²) in [6, 6.07) is 17.3. The number of benzene rings is 3. The van der Waals surface area contributed by atoms with Gasteiger partial charge in [-0.25, -0.2) is 12.8 Å². The van der Waals surface area contributed by atoms with Crippen molar-refractivity contribution in [2.75, 3.05) is 24.5 Å². The third kappa shape index (κ3) is 5.64. The number of sulfonamides is 1. The lowest BCUT2D eigenvalue weighted by Crippen LogP contribution is -2.55. The molecule has 3 aromatic rings. The van der Waals surface area contributed by atoms with Crippen LogP contribution in [0.25, 0.3) is 0 Å². The predicted octanol–water partition coefficient (Wildman–Crippen LogP) is 5.01. The molecule has 3 aromatic carbocycles. The molecule has 0 amide bonds. The highest BCUT2D eigenvalue weighted by atomic mass is 32.2. The molecule has 1 aliphatic rings. The van der Waals surface area contributed by atoms with Crippen LogP contribution >= 0.6 is 12.6 Å². The van der Waals surface area contributed by atoms with Gasteiger partial charge in [-0.15, -0.1) is 12.6 Å². The average Bonchev–Trinajstić information content (AvgIpc) is 2.83. The lowest BCUT2D eigenvalue weighted by molar-refractivity contribution is -0.258. The second-order valence-corrected chi connectivity index (χ2v) is 11.5. The number of thiol groups is 1. The van der Waals surface area contributed by atoms with E-state index in [9.17, 15) is 31.1 Å². The lowest BCUT2D eigenvalue weighted by Gasteiger charge is -2.42. The normalized spacial score (nSPS) is 19.0. The van der Waals surface area contributed by atoms with E-state index in [0.29, 0.717) is 29.5 Å². The first-order valence-electron chi connectivity index (χ1n) is 11.5. The van der Waals surface area contributed by atoms with Crippen LogP contribution in [0, 0.1) is 5.82 Å². The molecular weight excluding hydrogens is 528 g/mol. The van der Waals surface area contributed by atoms with Gasteiger partial charge in [0, 0.05) is 36.3 Å². The van der Waals surface area contributed by atoms with E-state index < -0.39 is 33.7 Å². The zero-order chi connectivity index (χ0) is 27.0. The Labute approximate surface area is 218 Å². The minimum absolute atomic E-state index is 0.0724. The van der Waals surface area contributed by atoms with Gasteiger partial charge in [0.25, 0.3) is 0 Å². The van der Waals surface area contributed by atoms with Crippen LogP contribution in [0.1, 0.15) is 18.1 Å². The zero-order valence-corrected chi connectivity index (χ0v) is 21.6. The Bertz CT molecular complexity index is 1360. The van der Waals surface area contributed by atoms with E-state index in [1.807, 2.05) is 4.90 Å². The second-order valence-electron chi connectivity index (χ2n) is 9.13. The molecule has 0 aromatic heterocycles. The fourth-order valence-electron chi connectivity index (χ4n) is 4.45. The van der Waals surface area contributed by atoms with Crippen molar-refractivity contribution in [3.05, 3.63) is 89.7 Å². The summed E-state index contributed by atoms with van der Waals surface area (Å²) in [5, 5.41) is 10.00. The number of hydrogen-bond donors (Lipinski definition) is 2. The maximum Gasteiger partial charge on any atom is 0.421 e. The van der Waals surface area contributed by atoms with Crippen LogP contribution in [-0.2, 0) is 22.0 Å². The molecule has 4 rings (SSSR count). The van der Waals surface area contributed by atoms with Gasteiger partial charge < -0.3 is 10.0 Å². The summed E-state index contributed by atoms with van der Waals surface area (Å²) in [6.45, 7) is 1.15. The number of anilines is 1. The zero-order valence-electron chi connectivity index (χ0n) is 19.9. The van der Waals surface area contributed by atoms with Gasteiger partial charge in [0.15, 0.2) is 5.60 Å². The number of halogens is 4. The Morgan fingerprint density at radius 1 is 1.00 bits per heavy atom. The highest BCUT2D eigenvalue weighted by molar-refractivity contribution is 7.90. The Morgan fingerprint density at radius 2 is 1.68 bits per heavy atom. The molecule has 0 saturated carbocycles. The van der Waals surface area contributed by atoms with Crippen molar-refractivity contribution in [1.29, 1.82) is 0 Å². The first-order valence-corrected chi connectivity index (χ1v) is 13.4. The van der Waals surface area contributed by atoms with E-state index in [1.165, 1.54) is 46.8 Å². The molecule has 1 saturated heterocycles. The molecule has 1 aliphatic heterocycles. The molecule has 37 heavy (non-hydrogen) atoms. The average molecular weight is 555 g/mol. The highest BCUT2D eigenvalue weighted by Crippen LogP contribution is 2.39. The highest BCUT2D eigenvalue weighted by Gasteiger charge is 2.51. The van der Waals surface area contributed by atoms with E-state index in [2.05, 4.69) is 12.6 Å². The lowest BCUT2D eigenvalue weighted by atomic mass is 9.94. The maximum absolute atomic E-state index is 13.9. The van der Waals surface area contributed by atoms with E-state index in [0.717, 1.165) is 0 Å². The van der Waals surface area contributed by atoms with Gasteiger partial charge in [-0.05, 0) is 60.9 Å². The Hall–Kier alpha value is -2.60. The van der Waals surface area contributed by atoms with Crippen LogP contribution in [0.5, 0.6) is 0 Å². The first kappa shape index (κ1) is 27.4. The summed E-state index contributed by atoms with van der Waals surface area (Å²) in [6.07, 6.45) is -4.55. The second kappa shape index (κ2) is 10.3. The van der Waals surface area contributed by atoms with Gasteiger partial charge in [0.2, 0.25) is 10.0 Å². The van der Waals surface area contributed by atoms with E-state index in [4.69, 9.17) is 0 Å². The largest absolute Gasteiger partial charge is 0.421 e. The fraction of sp³-hybridized carbons (Fsp3) is 0.308. The van der Waals surface area contributed by atoms with Gasteiger partial charge in [0.1, 0.15) is 5.82 Å². The SMILES string of the molecule is C[C@](O)(c1ccc(N2CCN(S(=O)(=O)c3ccccc3S)C[C@@H]2Cc2cccc(F)c2)cc1)C(F)(F)F. The van der Waals surface area contributed by atoms with Gasteiger partial charge in [-0.2, -0.15) is 17.5 Å². The van der Waals surface area contributed by atoms with Crippen molar-refractivity contribution < 1.29 is 31.1 Å². The number of nitrogens with zero attached hydrogens (tertiary/aromatic N) is 2. The van der Waals surface area contributed by atoms with E-state index in [-0.39, 0.29) is 30.1 Å². The molecule has 0 aliphatic carbocycles. The number of alkyl halides is 3. The van der Waals surface area contributed by atoms with E-state index in [1.54, 1.807) is 30.3 Å². The number of hydrogen-bond acceptors (Lipinski definition) is 5. The van der Waals surface area contributed by atoms with Crippen molar-refractivity contribution in [2.45, 2.75) is 41.0 Å².